The normalized spacial score (nSPS) is 21.6. The van der Waals surface area contributed by atoms with Crippen molar-refractivity contribution >= 4 is 11.5 Å². The Bertz CT molecular complexity index is 769. The van der Waals surface area contributed by atoms with E-state index in [1.807, 2.05) is 7.05 Å². The van der Waals surface area contributed by atoms with Gasteiger partial charge in [-0.1, -0.05) is 0 Å². The lowest BCUT2D eigenvalue weighted by atomic mass is 9.79. The second kappa shape index (κ2) is 6.31. The van der Waals surface area contributed by atoms with Crippen LogP contribution in [0.25, 0.3) is 0 Å². The SMILES string of the molecule is CN(c1nnccc1C1=N[N]C=C1[N+](=O)[O-])C1CC(C)(C)NC(C)(C)C1. The predicted molar refractivity (Wildman–Crippen MR) is 98.5 cm³/mol. The third-order valence-electron chi connectivity index (χ3n) is 4.78. The maximum Gasteiger partial charge on any atom is 0.317 e. The van der Waals surface area contributed by atoms with Gasteiger partial charge in [-0.05, 0) is 46.6 Å². The van der Waals surface area contributed by atoms with E-state index < -0.39 is 4.92 Å². The Morgan fingerprint density at radius 3 is 2.54 bits per heavy atom. The van der Waals surface area contributed by atoms with Crippen LogP contribution in [0.3, 0.4) is 0 Å². The number of piperidine rings is 1. The Kier molecular flexibility index (Phi) is 4.43. The van der Waals surface area contributed by atoms with Gasteiger partial charge in [0.15, 0.2) is 11.5 Å². The molecule has 0 aromatic carbocycles. The van der Waals surface area contributed by atoms with Gasteiger partial charge in [0, 0.05) is 24.2 Å². The number of nitrogens with zero attached hydrogens (tertiary/aromatic N) is 6. The van der Waals surface area contributed by atoms with E-state index in [2.05, 4.69) is 58.6 Å². The molecule has 0 unspecified atom stereocenters. The van der Waals surface area contributed by atoms with Gasteiger partial charge < -0.3 is 10.2 Å². The number of aromatic nitrogens is 2. The minimum atomic E-state index is -0.476. The minimum absolute atomic E-state index is 0.0326. The Labute approximate surface area is 152 Å². The number of rotatable bonds is 4. The molecule has 2 aliphatic rings. The largest absolute Gasteiger partial charge is 0.354 e. The Balaban J connectivity index is 1.96. The first-order valence-corrected chi connectivity index (χ1v) is 8.57. The molecule has 0 aliphatic carbocycles. The lowest BCUT2D eigenvalue weighted by Crippen LogP contribution is -2.62. The van der Waals surface area contributed by atoms with E-state index in [9.17, 15) is 10.1 Å². The molecule has 2 aliphatic heterocycles. The van der Waals surface area contributed by atoms with E-state index in [1.165, 1.54) is 6.20 Å². The molecule has 0 bridgehead atoms. The molecule has 0 saturated carbocycles. The fourth-order valence-corrected chi connectivity index (χ4v) is 4.06. The van der Waals surface area contributed by atoms with E-state index in [1.54, 1.807) is 6.07 Å². The van der Waals surface area contributed by atoms with Crippen molar-refractivity contribution in [2.24, 2.45) is 5.10 Å². The lowest BCUT2D eigenvalue weighted by Gasteiger charge is -2.49. The summed E-state index contributed by atoms with van der Waals surface area (Å²) in [5, 5.41) is 27.2. The Morgan fingerprint density at radius 2 is 1.92 bits per heavy atom. The van der Waals surface area contributed by atoms with E-state index in [-0.39, 0.29) is 28.5 Å². The molecule has 1 fully saturated rings. The van der Waals surface area contributed by atoms with Gasteiger partial charge in [0.1, 0.15) is 6.20 Å². The number of hydrogen-bond acceptors (Lipinski definition) is 7. The van der Waals surface area contributed by atoms with Crippen molar-refractivity contribution in [2.75, 3.05) is 11.9 Å². The third kappa shape index (κ3) is 3.52. The molecule has 1 aromatic heterocycles. The molecule has 1 aromatic rings. The predicted octanol–water partition coefficient (Wildman–Crippen LogP) is 1.66. The molecule has 1 N–H and O–H groups in total. The van der Waals surface area contributed by atoms with Crippen LogP contribution in [-0.2, 0) is 0 Å². The quantitative estimate of drug-likeness (QED) is 0.647. The van der Waals surface area contributed by atoms with E-state index >= 15 is 0 Å². The van der Waals surface area contributed by atoms with Crippen LogP contribution in [0.2, 0.25) is 0 Å². The van der Waals surface area contributed by atoms with Crippen LogP contribution in [0.4, 0.5) is 5.82 Å². The van der Waals surface area contributed by atoms with Crippen LogP contribution < -0.4 is 15.6 Å². The summed E-state index contributed by atoms with van der Waals surface area (Å²) in [6, 6.07) is 1.91. The van der Waals surface area contributed by atoms with Crippen molar-refractivity contribution in [3.63, 3.8) is 0 Å². The number of hydrogen-bond donors (Lipinski definition) is 1. The van der Waals surface area contributed by atoms with Crippen LogP contribution in [0.15, 0.2) is 29.3 Å². The second-order valence-electron chi connectivity index (χ2n) is 8.17. The number of nitrogens with one attached hydrogen (secondary N) is 1. The molecule has 0 amide bonds. The van der Waals surface area contributed by atoms with Crippen LogP contribution in [0, 0.1) is 10.1 Å². The fraction of sp³-hybridized carbons (Fsp3) is 0.588. The van der Waals surface area contributed by atoms with Crippen molar-refractivity contribution in [3.05, 3.63) is 39.8 Å². The minimum Gasteiger partial charge on any atom is -0.354 e. The summed E-state index contributed by atoms with van der Waals surface area (Å²) in [5.41, 5.74) is 4.31. The molecule has 3 heterocycles. The summed E-state index contributed by atoms with van der Waals surface area (Å²) in [7, 11) is 1.96. The second-order valence-corrected chi connectivity index (χ2v) is 8.17. The first kappa shape index (κ1) is 18.2. The lowest BCUT2D eigenvalue weighted by molar-refractivity contribution is -0.414. The maximum atomic E-state index is 11.3. The smallest absolute Gasteiger partial charge is 0.317 e. The number of allylic oxidation sites excluding steroid dienone is 1. The Morgan fingerprint density at radius 1 is 1.27 bits per heavy atom. The molecular weight excluding hydrogens is 334 g/mol. The van der Waals surface area contributed by atoms with Gasteiger partial charge in [-0.3, -0.25) is 10.1 Å². The van der Waals surface area contributed by atoms with Crippen LogP contribution >= 0.6 is 0 Å². The maximum absolute atomic E-state index is 11.3. The molecular formula is C17H24N7O2. The van der Waals surface area contributed by atoms with Gasteiger partial charge >= 0.3 is 5.70 Å². The summed E-state index contributed by atoms with van der Waals surface area (Å²) in [6.45, 7) is 8.72. The topological polar surface area (TPSA) is 111 Å². The van der Waals surface area contributed by atoms with Gasteiger partial charge in [-0.15, -0.1) is 10.2 Å². The van der Waals surface area contributed by atoms with Crippen molar-refractivity contribution < 1.29 is 4.92 Å². The molecule has 0 spiro atoms. The molecule has 9 heteroatoms. The highest BCUT2D eigenvalue weighted by atomic mass is 16.6. The van der Waals surface area contributed by atoms with Gasteiger partial charge in [0.25, 0.3) is 0 Å². The van der Waals surface area contributed by atoms with Crippen LogP contribution in [0.5, 0.6) is 0 Å². The van der Waals surface area contributed by atoms with Crippen molar-refractivity contribution in [1.82, 2.24) is 20.9 Å². The van der Waals surface area contributed by atoms with Gasteiger partial charge in [-0.25, -0.2) is 0 Å². The first-order valence-electron chi connectivity index (χ1n) is 8.57. The van der Waals surface area contributed by atoms with Crippen molar-refractivity contribution in [3.8, 4) is 0 Å². The summed E-state index contributed by atoms with van der Waals surface area (Å²) in [4.78, 5) is 12.9. The summed E-state index contributed by atoms with van der Waals surface area (Å²) in [6.07, 6.45) is 4.51. The standard InChI is InChI=1S/C17H24N7O2/c1-16(2)8-11(9-17(3,4)22-16)23(5)15-12(6-7-18-21-15)14-13(24(25)26)10-19-20-14/h6-7,10-11,22H,8-9H2,1-5H3. The Hall–Kier alpha value is -2.55. The molecule has 1 radical (unpaired) electrons. The first-order chi connectivity index (χ1) is 12.1. The summed E-state index contributed by atoms with van der Waals surface area (Å²) in [5.74, 6) is 0.578. The summed E-state index contributed by atoms with van der Waals surface area (Å²) >= 11 is 0. The summed E-state index contributed by atoms with van der Waals surface area (Å²) < 4.78 is 0. The zero-order valence-corrected chi connectivity index (χ0v) is 15.7. The number of anilines is 1. The molecule has 1 saturated heterocycles. The average Bonchev–Trinajstić information content (AvgIpc) is 3.01. The zero-order valence-electron chi connectivity index (χ0n) is 15.7. The van der Waals surface area contributed by atoms with Crippen LogP contribution in [0.1, 0.15) is 46.1 Å². The average molecular weight is 358 g/mol. The molecule has 0 atom stereocenters. The monoisotopic (exact) mass is 358 g/mol. The zero-order chi connectivity index (χ0) is 19.1. The highest BCUT2D eigenvalue weighted by molar-refractivity contribution is 6.14. The highest BCUT2D eigenvalue weighted by Crippen LogP contribution is 2.34. The van der Waals surface area contributed by atoms with E-state index in [0.717, 1.165) is 19.0 Å². The van der Waals surface area contributed by atoms with Gasteiger partial charge in [-0.2, -0.15) is 10.5 Å². The molecule has 9 nitrogen and oxygen atoms in total. The molecule has 26 heavy (non-hydrogen) atoms. The molecule has 139 valence electrons. The van der Waals surface area contributed by atoms with Gasteiger partial charge in [0.05, 0.1) is 16.7 Å². The molecule has 3 rings (SSSR count). The van der Waals surface area contributed by atoms with E-state index in [0.29, 0.717) is 11.4 Å². The number of nitro groups is 1. The van der Waals surface area contributed by atoms with E-state index in [4.69, 9.17) is 0 Å². The van der Waals surface area contributed by atoms with Crippen molar-refractivity contribution in [1.29, 1.82) is 0 Å². The van der Waals surface area contributed by atoms with Crippen LogP contribution in [-0.4, -0.2) is 45.0 Å². The van der Waals surface area contributed by atoms with Gasteiger partial charge in [0.2, 0.25) is 0 Å². The van der Waals surface area contributed by atoms with Crippen molar-refractivity contribution in [2.45, 2.75) is 57.7 Å². The highest BCUT2D eigenvalue weighted by Gasteiger charge is 2.40. The fourth-order valence-electron chi connectivity index (χ4n) is 4.06. The third-order valence-corrected chi connectivity index (χ3v) is 4.78.